The van der Waals surface area contributed by atoms with Crippen molar-refractivity contribution in [3.05, 3.63) is 51.0 Å². The molecule has 0 spiro atoms. The molecule has 1 aromatic carbocycles. The first-order valence-electron chi connectivity index (χ1n) is 10.2. The van der Waals surface area contributed by atoms with E-state index in [9.17, 15) is 0 Å². The molecule has 0 amide bonds. The molecule has 2 heterocycles. The lowest BCUT2D eigenvalue weighted by molar-refractivity contribution is 0.185. The lowest BCUT2D eigenvalue weighted by atomic mass is 9.98. The van der Waals surface area contributed by atoms with Crippen molar-refractivity contribution >= 4 is 17.3 Å². The Bertz CT molecular complexity index is 790. The van der Waals surface area contributed by atoms with Crippen molar-refractivity contribution in [1.82, 2.24) is 20.5 Å². The van der Waals surface area contributed by atoms with Gasteiger partial charge in [-0.05, 0) is 56.8 Å². The van der Waals surface area contributed by atoms with Crippen LogP contribution >= 0.6 is 11.3 Å². The highest BCUT2D eigenvalue weighted by atomic mass is 32.1. The van der Waals surface area contributed by atoms with Gasteiger partial charge in [0.15, 0.2) is 5.96 Å². The third-order valence-corrected chi connectivity index (χ3v) is 6.55. The van der Waals surface area contributed by atoms with Crippen LogP contribution in [0.3, 0.4) is 0 Å². The van der Waals surface area contributed by atoms with Gasteiger partial charge < -0.3 is 10.6 Å². The van der Waals surface area contributed by atoms with E-state index in [2.05, 4.69) is 63.6 Å². The van der Waals surface area contributed by atoms with E-state index >= 15 is 0 Å². The van der Waals surface area contributed by atoms with E-state index in [0.717, 1.165) is 42.2 Å². The summed E-state index contributed by atoms with van der Waals surface area (Å²) in [4.78, 5) is 12.7. The Labute approximate surface area is 173 Å². The van der Waals surface area contributed by atoms with Gasteiger partial charge in [0.2, 0.25) is 0 Å². The van der Waals surface area contributed by atoms with Crippen molar-refractivity contribution in [1.29, 1.82) is 0 Å². The molecule has 1 aliphatic rings. The summed E-state index contributed by atoms with van der Waals surface area (Å²) in [5, 5.41) is 8.00. The highest BCUT2D eigenvalue weighted by Crippen LogP contribution is 2.20. The fourth-order valence-electron chi connectivity index (χ4n) is 3.65. The number of aliphatic imine (C=N–C) groups is 1. The minimum absolute atomic E-state index is 0.755. The van der Waals surface area contributed by atoms with Crippen LogP contribution in [-0.4, -0.2) is 36.0 Å². The van der Waals surface area contributed by atoms with Gasteiger partial charge in [-0.25, -0.2) is 4.98 Å². The van der Waals surface area contributed by atoms with Crippen LogP contribution in [-0.2, 0) is 19.6 Å². The molecule has 0 radical (unpaired) electrons. The Morgan fingerprint density at radius 2 is 1.82 bits per heavy atom. The monoisotopic (exact) mass is 399 g/mol. The summed E-state index contributed by atoms with van der Waals surface area (Å²) in [6.45, 7) is 11.5. The number of thiazole rings is 1. The first-order valence-corrected chi connectivity index (χ1v) is 11.0. The number of hydrogen-bond donors (Lipinski definition) is 2. The summed E-state index contributed by atoms with van der Waals surface area (Å²) in [7, 11) is 1.82. The van der Waals surface area contributed by atoms with Gasteiger partial charge >= 0.3 is 0 Å². The quantitative estimate of drug-likeness (QED) is 0.572. The van der Waals surface area contributed by atoms with Gasteiger partial charge in [-0.2, -0.15) is 0 Å². The van der Waals surface area contributed by atoms with Crippen LogP contribution in [0, 0.1) is 19.8 Å². The highest BCUT2D eigenvalue weighted by molar-refractivity contribution is 7.11. The number of piperidine rings is 1. The van der Waals surface area contributed by atoms with Crippen LogP contribution in [0.1, 0.15) is 46.5 Å². The van der Waals surface area contributed by atoms with E-state index in [-0.39, 0.29) is 0 Å². The SMILES string of the molecule is CN=C(NCc1ccccc1CN1CCC(C)CC1)NCc1sc(C)nc1C. The van der Waals surface area contributed by atoms with Gasteiger partial charge in [-0.1, -0.05) is 31.2 Å². The first kappa shape index (κ1) is 20.8. The molecule has 152 valence electrons. The third kappa shape index (κ3) is 5.79. The molecular weight excluding hydrogens is 366 g/mol. The predicted molar refractivity (Wildman–Crippen MR) is 119 cm³/mol. The second-order valence-corrected chi connectivity index (χ2v) is 9.04. The number of likely N-dealkylation sites (tertiary alicyclic amines) is 1. The van der Waals surface area contributed by atoms with Crippen molar-refractivity contribution in [2.45, 2.75) is 53.2 Å². The van der Waals surface area contributed by atoms with Crippen molar-refractivity contribution in [2.24, 2.45) is 10.9 Å². The second-order valence-electron chi connectivity index (χ2n) is 7.75. The van der Waals surface area contributed by atoms with Gasteiger partial charge in [0, 0.05) is 25.0 Å². The number of rotatable bonds is 6. The fraction of sp³-hybridized carbons (Fsp3) is 0.545. The smallest absolute Gasteiger partial charge is 0.191 e. The maximum Gasteiger partial charge on any atom is 0.191 e. The van der Waals surface area contributed by atoms with Crippen LogP contribution < -0.4 is 10.6 Å². The van der Waals surface area contributed by atoms with Crippen molar-refractivity contribution < 1.29 is 0 Å². The topological polar surface area (TPSA) is 52.6 Å². The Hall–Kier alpha value is -1.92. The molecule has 6 heteroatoms. The largest absolute Gasteiger partial charge is 0.352 e. The Morgan fingerprint density at radius 1 is 1.14 bits per heavy atom. The molecule has 0 unspecified atom stereocenters. The first-order chi connectivity index (χ1) is 13.5. The predicted octanol–water partition coefficient (Wildman–Crippen LogP) is 3.86. The highest BCUT2D eigenvalue weighted by Gasteiger charge is 2.16. The molecule has 0 saturated carbocycles. The maximum absolute atomic E-state index is 4.49. The fourth-order valence-corrected chi connectivity index (χ4v) is 4.52. The Balaban J connectivity index is 1.55. The normalized spacial score (nSPS) is 16.4. The molecular formula is C22H33N5S. The number of nitrogens with one attached hydrogen (secondary N) is 2. The number of benzene rings is 1. The molecule has 1 fully saturated rings. The summed E-state index contributed by atoms with van der Waals surface area (Å²) < 4.78 is 0. The molecule has 2 aromatic rings. The second kappa shape index (κ2) is 10.0. The summed E-state index contributed by atoms with van der Waals surface area (Å²) in [5.74, 6) is 1.69. The zero-order valence-corrected chi connectivity index (χ0v) is 18.4. The number of aryl methyl sites for hydroxylation is 2. The number of aromatic nitrogens is 1. The van der Waals surface area contributed by atoms with E-state index in [1.807, 2.05) is 14.0 Å². The van der Waals surface area contributed by atoms with E-state index in [4.69, 9.17) is 0 Å². The lowest BCUT2D eigenvalue weighted by Crippen LogP contribution is -2.37. The molecule has 0 aliphatic carbocycles. The standard InChI is InChI=1S/C22H33N5S/c1-16-9-11-27(12-10-16)15-20-8-6-5-7-19(20)13-24-22(23-4)25-14-21-17(2)26-18(3)28-21/h5-8,16H,9-15H2,1-4H3,(H2,23,24,25). The molecule has 0 atom stereocenters. The van der Waals surface area contributed by atoms with Gasteiger partial charge in [-0.3, -0.25) is 9.89 Å². The van der Waals surface area contributed by atoms with E-state index in [0.29, 0.717) is 0 Å². The minimum Gasteiger partial charge on any atom is -0.352 e. The summed E-state index contributed by atoms with van der Waals surface area (Å²) in [6, 6.07) is 8.75. The van der Waals surface area contributed by atoms with Crippen molar-refractivity contribution in [2.75, 3.05) is 20.1 Å². The van der Waals surface area contributed by atoms with E-state index in [1.54, 1.807) is 11.3 Å². The van der Waals surface area contributed by atoms with E-state index < -0.39 is 0 Å². The van der Waals surface area contributed by atoms with Gasteiger partial charge in [0.25, 0.3) is 0 Å². The van der Waals surface area contributed by atoms with Gasteiger partial charge in [-0.15, -0.1) is 11.3 Å². The summed E-state index contributed by atoms with van der Waals surface area (Å²) in [5.41, 5.74) is 3.86. The zero-order valence-electron chi connectivity index (χ0n) is 17.6. The third-order valence-electron chi connectivity index (χ3n) is 5.47. The average Bonchev–Trinajstić information content (AvgIpc) is 3.02. The number of guanidine groups is 1. The molecule has 0 bridgehead atoms. The molecule has 1 aromatic heterocycles. The van der Waals surface area contributed by atoms with Crippen LogP contribution in [0.2, 0.25) is 0 Å². The van der Waals surface area contributed by atoms with Crippen LogP contribution in [0.15, 0.2) is 29.3 Å². The molecule has 2 N–H and O–H groups in total. The van der Waals surface area contributed by atoms with Crippen LogP contribution in [0.25, 0.3) is 0 Å². The number of hydrogen-bond acceptors (Lipinski definition) is 4. The molecule has 1 saturated heterocycles. The summed E-state index contributed by atoms with van der Waals surface area (Å²) in [6.07, 6.45) is 2.63. The molecule has 5 nitrogen and oxygen atoms in total. The van der Waals surface area contributed by atoms with Crippen molar-refractivity contribution in [3.63, 3.8) is 0 Å². The van der Waals surface area contributed by atoms with Gasteiger partial charge in [0.05, 0.1) is 17.2 Å². The van der Waals surface area contributed by atoms with Gasteiger partial charge in [0.1, 0.15) is 0 Å². The average molecular weight is 400 g/mol. The maximum atomic E-state index is 4.49. The lowest BCUT2D eigenvalue weighted by Gasteiger charge is -2.30. The Kier molecular flexibility index (Phi) is 7.45. The molecule has 1 aliphatic heterocycles. The van der Waals surface area contributed by atoms with E-state index in [1.165, 1.54) is 41.9 Å². The summed E-state index contributed by atoms with van der Waals surface area (Å²) >= 11 is 1.74. The van der Waals surface area contributed by atoms with Crippen molar-refractivity contribution in [3.8, 4) is 0 Å². The molecule has 3 rings (SSSR count). The number of nitrogens with zero attached hydrogens (tertiary/aromatic N) is 3. The minimum atomic E-state index is 0.755. The van der Waals surface area contributed by atoms with Crippen LogP contribution in [0.4, 0.5) is 0 Å². The van der Waals surface area contributed by atoms with Crippen LogP contribution in [0.5, 0.6) is 0 Å². The molecule has 28 heavy (non-hydrogen) atoms. The zero-order chi connectivity index (χ0) is 19.9. The Morgan fingerprint density at radius 3 is 2.46 bits per heavy atom.